The van der Waals surface area contributed by atoms with E-state index in [4.69, 9.17) is 14.6 Å². The van der Waals surface area contributed by atoms with Gasteiger partial charge in [0.1, 0.15) is 0 Å². The van der Waals surface area contributed by atoms with Gasteiger partial charge in [-0.05, 0) is 13.1 Å². The fraction of sp³-hybridized carbons (Fsp3) is 1.00. The van der Waals surface area contributed by atoms with Gasteiger partial charge in [0.15, 0.2) is 0 Å². The van der Waals surface area contributed by atoms with Crippen molar-refractivity contribution in [3.63, 3.8) is 0 Å². The Morgan fingerprint density at radius 3 is 2.31 bits per heavy atom. The minimum atomic E-state index is -1.98. The summed E-state index contributed by atoms with van der Waals surface area (Å²) in [6.45, 7) is 5.87. The van der Waals surface area contributed by atoms with Crippen molar-refractivity contribution in [1.82, 2.24) is 5.32 Å². The summed E-state index contributed by atoms with van der Waals surface area (Å²) < 4.78 is 10.7. The summed E-state index contributed by atoms with van der Waals surface area (Å²) in [5.41, 5.74) is 5.91. The van der Waals surface area contributed by atoms with Crippen LogP contribution in [0.1, 0.15) is 6.92 Å². The van der Waals surface area contributed by atoms with Crippen molar-refractivity contribution in [2.24, 2.45) is 5.73 Å². The molecule has 0 aromatic rings. The summed E-state index contributed by atoms with van der Waals surface area (Å²) in [6.07, 6.45) is 0. The lowest BCUT2D eigenvalue weighted by Crippen LogP contribution is -2.45. The maximum absolute atomic E-state index is 5.91. The van der Waals surface area contributed by atoms with Gasteiger partial charge in [-0.15, -0.1) is 0 Å². The van der Waals surface area contributed by atoms with Gasteiger partial charge in [0.25, 0.3) is 0 Å². The quantitative estimate of drug-likeness (QED) is 0.588. The summed E-state index contributed by atoms with van der Waals surface area (Å²) in [4.78, 5) is 0. The highest BCUT2D eigenvalue weighted by Crippen LogP contribution is 2.12. The Bertz CT molecular complexity index is 131. The summed E-state index contributed by atoms with van der Waals surface area (Å²) >= 11 is 0. The molecule has 0 aliphatic heterocycles. The van der Waals surface area contributed by atoms with E-state index in [1.54, 1.807) is 14.2 Å². The van der Waals surface area contributed by atoms with Gasteiger partial charge in [-0.3, -0.25) is 0 Å². The third-order valence-electron chi connectivity index (χ3n) is 2.15. The van der Waals surface area contributed by atoms with E-state index in [9.17, 15) is 0 Å². The number of rotatable bonds is 7. The van der Waals surface area contributed by atoms with Crippen LogP contribution >= 0.6 is 0 Å². The highest BCUT2D eigenvalue weighted by molar-refractivity contribution is 6.66. The highest BCUT2D eigenvalue weighted by atomic mass is 28.4. The van der Waals surface area contributed by atoms with E-state index in [1.807, 2.05) is 6.55 Å². The number of nitrogens with one attached hydrogen (secondary N) is 1. The molecule has 0 aliphatic rings. The van der Waals surface area contributed by atoms with Gasteiger partial charge >= 0.3 is 8.56 Å². The first-order valence-electron chi connectivity index (χ1n) is 4.64. The van der Waals surface area contributed by atoms with Crippen LogP contribution in [0.25, 0.3) is 0 Å². The summed E-state index contributed by atoms with van der Waals surface area (Å²) in [5.74, 6) is 0. The van der Waals surface area contributed by atoms with Crippen LogP contribution in [0.3, 0.4) is 0 Å². The largest absolute Gasteiger partial charge is 0.398 e. The molecule has 0 fully saturated rings. The number of hydrogen-bond acceptors (Lipinski definition) is 4. The molecule has 0 saturated heterocycles. The molecule has 13 heavy (non-hydrogen) atoms. The normalized spacial score (nSPS) is 14.5. The average Bonchev–Trinajstić information content (AvgIpc) is 2.14. The molecule has 80 valence electrons. The Morgan fingerprint density at radius 1 is 1.38 bits per heavy atom. The molecule has 0 aliphatic carbocycles. The molecular formula is C8H22N2O2Si. The second-order valence-corrected chi connectivity index (χ2v) is 6.81. The summed E-state index contributed by atoms with van der Waals surface area (Å²) in [7, 11) is 1.40. The van der Waals surface area contributed by atoms with Crippen molar-refractivity contribution < 1.29 is 8.85 Å². The molecule has 0 bridgehead atoms. The van der Waals surface area contributed by atoms with Crippen molar-refractivity contribution in [2.75, 3.05) is 27.3 Å². The van der Waals surface area contributed by atoms with E-state index < -0.39 is 8.56 Å². The van der Waals surface area contributed by atoms with E-state index in [-0.39, 0.29) is 6.04 Å². The summed E-state index contributed by atoms with van der Waals surface area (Å²) in [6, 6.07) is 0.948. The zero-order valence-electron chi connectivity index (χ0n) is 9.09. The van der Waals surface area contributed by atoms with E-state index in [0.29, 0.717) is 0 Å². The minimum absolute atomic E-state index is 0.122. The van der Waals surface area contributed by atoms with Crippen molar-refractivity contribution in [3.05, 3.63) is 0 Å². The minimum Gasteiger partial charge on any atom is -0.398 e. The lowest BCUT2D eigenvalue weighted by atomic mass is 10.3. The van der Waals surface area contributed by atoms with Crippen molar-refractivity contribution in [3.8, 4) is 0 Å². The van der Waals surface area contributed by atoms with E-state index >= 15 is 0 Å². The Kier molecular flexibility index (Phi) is 6.53. The van der Waals surface area contributed by atoms with Crippen LogP contribution in [0.5, 0.6) is 0 Å². The smallest absolute Gasteiger partial charge is 0.336 e. The second kappa shape index (κ2) is 6.50. The van der Waals surface area contributed by atoms with Crippen LogP contribution in [0, 0.1) is 0 Å². The molecular weight excluding hydrogens is 184 g/mol. The first kappa shape index (κ1) is 13.1. The monoisotopic (exact) mass is 206 g/mol. The van der Waals surface area contributed by atoms with Gasteiger partial charge in [0.05, 0.1) is 0 Å². The van der Waals surface area contributed by atoms with Crippen LogP contribution < -0.4 is 11.1 Å². The molecule has 4 nitrogen and oxygen atoms in total. The molecule has 0 amide bonds. The average molecular weight is 206 g/mol. The van der Waals surface area contributed by atoms with Crippen LogP contribution in [-0.2, 0) is 8.85 Å². The molecule has 0 aromatic carbocycles. The molecule has 5 heteroatoms. The lowest BCUT2D eigenvalue weighted by molar-refractivity contribution is 0.246. The Hall–Kier alpha value is 0.0569. The molecule has 1 unspecified atom stereocenters. The van der Waals surface area contributed by atoms with Gasteiger partial charge in [-0.2, -0.15) is 0 Å². The van der Waals surface area contributed by atoms with Crippen molar-refractivity contribution in [1.29, 1.82) is 0 Å². The summed E-state index contributed by atoms with van der Waals surface area (Å²) in [5, 5.41) is 3.20. The molecule has 1 atom stereocenters. The van der Waals surface area contributed by atoms with Crippen LogP contribution in [0.2, 0.25) is 12.6 Å². The first-order valence-corrected chi connectivity index (χ1v) is 7.17. The maximum Gasteiger partial charge on any atom is 0.336 e. The van der Waals surface area contributed by atoms with E-state index in [1.165, 1.54) is 0 Å². The maximum atomic E-state index is 5.91. The predicted octanol–water partition coefficient (Wildman–Crippen LogP) is 0.288. The molecule has 3 N–H and O–H groups in total. The molecule has 0 spiro atoms. The van der Waals surface area contributed by atoms with Gasteiger partial charge in [-0.1, -0.05) is 6.92 Å². The second-order valence-electron chi connectivity index (χ2n) is 3.31. The molecule has 0 radical (unpaired) electrons. The third-order valence-corrected chi connectivity index (χ3v) is 5.15. The van der Waals surface area contributed by atoms with Gasteiger partial charge in [0, 0.05) is 32.9 Å². The Balaban J connectivity index is 3.79. The molecule has 0 heterocycles. The predicted molar refractivity (Wildman–Crippen MR) is 57.0 cm³/mol. The topological polar surface area (TPSA) is 56.5 Å². The Labute approximate surface area is 82.0 Å². The standard InChI is InChI=1S/C8H22N2O2Si/c1-5-10-6-8(9)7-13(4,11-2)12-3/h8,10H,5-7,9H2,1-4H3. The first-order chi connectivity index (χ1) is 6.08. The zero-order valence-corrected chi connectivity index (χ0v) is 10.1. The Morgan fingerprint density at radius 2 is 1.92 bits per heavy atom. The molecule has 0 saturated carbocycles. The fourth-order valence-corrected chi connectivity index (χ4v) is 2.73. The van der Waals surface area contributed by atoms with E-state index in [0.717, 1.165) is 19.1 Å². The number of nitrogens with two attached hydrogens (primary N) is 1. The third kappa shape index (κ3) is 5.38. The van der Waals surface area contributed by atoms with Gasteiger partial charge in [-0.25, -0.2) is 0 Å². The van der Waals surface area contributed by atoms with Gasteiger partial charge < -0.3 is 19.9 Å². The van der Waals surface area contributed by atoms with Crippen molar-refractivity contribution in [2.45, 2.75) is 25.6 Å². The number of likely N-dealkylation sites (N-methyl/N-ethyl adjacent to an activating group) is 1. The zero-order chi connectivity index (χ0) is 10.3. The number of hydrogen-bond donors (Lipinski definition) is 2. The van der Waals surface area contributed by atoms with Crippen LogP contribution in [0.15, 0.2) is 0 Å². The van der Waals surface area contributed by atoms with Crippen LogP contribution in [0.4, 0.5) is 0 Å². The lowest BCUT2D eigenvalue weighted by Gasteiger charge is -2.25. The highest BCUT2D eigenvalue weighted by Gasteiger charge is 2.30. The van der Waals surface area contributed by atoms with E-state index in [2.05, 4.69) is 12.2 Å². The van der Waals surface area contributed by atoms with Crippen LogP contribution in [-0.4, -0.2) is 41.9 Å². The SMILES string of the molecule is CCNCC(N)C[Si](C)(OC)OC. The molecule has 0 aromatic heterocycles. The van der Waals surface area contributed by atoms with Crippen molar-refractivity contribution >= 4 is 8.56 Å². The molecule has 0 rings (SSSR count). The van der Waals surface area contributed by atoms with Gasteiger partial charge in [0.2, 0.25) is 0 Å². The fourth-order valence-electron chi connectivity index (χ4n) is 1.13.